The summed E-state index contributed by atoms with van der Waals surface area (Å²) in [5, 5.41) is 14.0. The molecule has 0 bridgehead atoms. The lowest BCUT2D eigenvalue weighted by Crippen LogP contribution is -2.35. The maximum atomic E-state index is 9.30. The fourth-order valence-electron chi connectivity index (χ4n) is 2.97. The highest BCUT2D eigenvalue weighted by Crippen LogP contribution is 2.28. The molecule has 3 rings (SSSR count). The van der Waals surface area contributed by atoms with Crippen molar-refractivity contribution in [3.8, 4) is 0 Å². The van der Waals surface area contributed by atoms with Gasteiger partial charge in [0.05, 0.1) is 17.2 Å². The molecule has 0 spiro atoms. The van der Waals surface area contributed by atoms with Gasteiger partial charge in [-0.2, -0.15) is 0 Å². The molecule has 0 amide bonds. The zero-order valence-electron chi connectivity index (χ0n) is 14.4. The summed E-state index contributed by atoms with van der Waals surface area (Å²) in [5.41, 5.74) is 1.07. The summed E-state index contributed by atoms with van der Waals surface area (Å²) >= 11 is 1.77. The van der Waals surface area contributed by atoms with Crippen LogP contribution in [0.4, 0.5) is 11.5 Å². The van der Waals surface area contributed by atoms with Crippen LogP contribution in [-0.2, 0) is 6.54 Å². The number of hydrogen-bond acceptors (Lipinski definition) is 6. The van der Waals surface area contributed by atoms with Crippen LogP contribution in [0, 0.1) is 5.92 Å². The number of nitrogens with one attached hydrogen (secondary N) is 1. The number of anilines is 2. The lowest BCUT2D eigenvalue weighted by Gasteiger charge is -2.33. The van der Waals surface area contributed by atoms with Crippen molar-refractivity contribution in [2.75, 3.05) is 29.9 Å². The molecule has 6 heteroatoms. The highest BCUT2D eigenvalue weighted by molar-refractivity contribution is 7.11. The van der Waals surface area contributed by atoms with E-state index in [1.165, 1.54) is 9.88 Å². The Bertz CT molecular complexity index is 650. The van der Waals surface area contributed by atoms with Gasteiger partial charge in [-0.25, -0.2) is 9.97 Å². The van der Waals surface area contributed by atoms with Gasteiger partial charge in [0.1, 0.15) is 0 Å². The fraction of sp³-hybridized carbons (Fsp3) is 0.556. The number of aliphatic hydroxyl groups is 1. The van der Waals surface area contributed by atoms with Gasteiger partial charge in [-0.05, 0) is 30.9 Å². The summed E-state index contributed by atoms with van der Waals surface area (Å²) in [4.78, 5) is 12.6. The van der Waals surface area contributed by atoms with Crippen LogP contribution in [0.5, 0.6) is 0 Å². The molecule has 1 aliphatic rings. The molecular weight excluding hydrogens is 320 g/mol. The van der Waals surface area contributed by atoms with Gasteiger partial charge in [0, 0.05) is 42.9 Å². The Balaban J connectivity index is 1.65. The van der Waals surface area contributed by atoms with E-state index in [1.54, 1.807) is 11.3 Å². The second-order valence-electron chi connectivity index (χ2n) is 6.66. The number of rotatable bonds is 6. The molecule has 130 valence electrons. The third-order valence-electron chi connectivity index (χ3n) is 4.48. The van der Waals surface area contributed by atoms with Crippen molar-refractivity contribution >= 4 is 22.8 Å². The zero-order chi connectivity index (χ0) is 16.9. The van der Waals surface area contributed by atoms with Crippen molar-refractivity contribution in [1.29, 1.82) is 0 Å². The first-order chi connectivity index (χ1) is 11.7. The molecule has 0 aromatic carbocycles. The van der Waals surface area contributed by atoms with Crippen LogP contribution in [0.3, 0.4) is 0 Å². The van der Waals surface area contributed by atoms with Gasteiger partial charge >= 0.3 is 0 Å². The Hall–Kier alpha value is -1.66. The summed E-state index contributed by atoms with van der Waals surface area (Å²) in [6.07, 6.45) is 5.87. The van der Waals surface area contributed by atoms with Crippen LogP contribution in [-0.4, -0.2) is 34.8 Å². The molecule has 24 heavy (non-hydrogen) atoms. The minimum atomic E-state index is 0.296. The minimum Gasteiger partial charge on any atom is -0.396 e. The second-order valence-corrected chi connectivity index (χ2v) is 7.81. The second kappa shape index (κ2) is 7.94. The SMILES string of the molecule is CC(C)c1ncc(CNc2cccnc2N2CCC(CO)CC2)s1. The van der Waals surface area contributed by atoms with Gasteiger partial charge in [-0.15, -0.1) is 11.3 Å². The largest absolute Gasteiger partial charge is 0.396 e. The van der Waals surface area contributed by atoms with Gasteiger partial charge < -0.3 is 15.3 Å². The molecule has 1 fully saturated rings. The number of nitrogens with zero attached hydrogens (tertiary/aromatic N) is 3. The lowest BCUT2D eigenvalue weighted by atomic mass is 9.98. The topological polar surface area (TPSA) is 61.3 Å². The summed E-state index contributed by atoms with van der Waals surface area (Å²) in [6.45, 7) is 7.32. The van der Waals surface area contributed by atoms with Crippen molar-refractivity contribution in [1.82, 2.24) is 9.97 Å². The van der Waals surface area contributed by atoms with E-state index in [0.29, 0.717) is 18.4 Å². The highest BCUT2D eigenvalue weighted by atomic mass is 32.1. The third-order valence-corrected chi connectivity index (χ3v) is 5.78. The minimum absolute atomic E-state index is 0.296. The average molecular weight is 347 g/mol. The maximum absolute atomic E-state index is 9.30. The van der Waals surface area contributed by atoms with Crippen molar-refractivity contribution < 1.29 is 5.11 Å². The molecule has 1 aliphatic heterocycles. The number of pyridine rings is 1. The Morgan fingerprint density at radius 1 is 1.33 bits per heavy atom. The fourth-order valence-corrected chi connectivity index (χ4v) is 3.83. The van der Waals surface area contributed by atoms with E-state index >= 15 is 0 Å². The van der Waals surface area contributed by atoms with Crippen LogP contribution < -0.4 is 10.2 Å². The summed E-state index contributed by atoms with van der Waals surface area (Å²) < 4.78 is 0. The van der Waals surface area contributed by atoms with Crippen LogP contribution in [0.25, 0.3) is 0 Å². The average Bonchev–Trinajstić information content (AvgIpc) is 3.10. The predicted molar refractivity (Wildman–Crippen MR) is 99.8 cm³/mol. The van der Waals surface area contributed by atoms with Gasteiger partial charge in [0.15, 0.2) is 5.82 Å². The third kappa shape index (κ3) is 4.05. The Morgan fingerprint density at radius 3 is 2.79 bits per heavy atom. The van der Waals surface area contributed by atoms with E-state index in [4.69, 9.17) is 0 Å². The number of aliphatic hydroxyl groups excluding tert-OH is 1. The summed E-state index contributed by atoms with van der Waals surface area (Å²) in [7, 11) is 0. The first kappa shape index (κ1) is 17.2. The maximum Gasteiger partial charge on any atom is 0.151 e. The summed E-state index contributed by atoms with van der Waals surface area (Å²) in [5.74, 6) is 1.93. The number of thiazole rings is 1. The van der Waals surface area contributed by atoms with E-state index in [1.807, 2.05) is 18.5 Å². The molecule has 0 atom stereocenters. The molecule has 0 saturated carbocycles. The first-order valence-electron chi connectivity index (χ1n) is 8.66. The molecular formula is C18H26N4OS. The molecule has 0 unspecified atom stereocenters. The molecule has 3 heterocycles. The van der Waals surface area contributed by atoms with Gasteiger partial charge in [-0.3, -0.25) is 0 Å². The van der Waals surface area contributed by atoms with Crippen LogP contribution in [0.2, 0.25) is 0 Å². The van der Waals surface area contributed by atoms with E-state index in [0.717, 1.165) is 44.0 Å². The van der Waals surface area contributed by atoms with Crippen LogP contribution >= 0.6 is 11.3 Å². The summed E-state index contributed by atoms with van der Waals surface area (Å²) in [6, 6.07) is 4.06. The lowest BCUT2D eigenvalue weighted by molar-refractivity contribution is 0.203. The van der Waals surface area contributed by atoms with E-state index in [9.17, 15) is 5.11 Å². The first-order valence-corrected chi connectivity index (χ1v) is 9.48. The molecule has 2 N–H and O–H groups in total. The van der Waals surface area contributed by atoms with Crippen molar-refractivity contribution in [3.63, 3.8) is 0 Å². The monoisotopic (exact) mass is 346 g/mol. The zero-order valence-corrected chi connectivity index (χ0v) is 15.2. The van der Waals surface area contributed by atoms with E-state index in [2.05, 4.69) is 40.1 Å². The molecule has 0 aliphatic carbocycles. The molecule has 5 nitrogen and oxygen atoms in total. The molecule has 2 aromatic heterocycles. The highest BCUT2D eigenvalue weighted by Gasteiger charge is 2.21. The Kier molecular flexibility index (Phi) is 5.68. The standard InChI is InChI=1S/C18H26N4OS/c1-13(2)18-21-11-15(24-18)10-20-16-4-3-7-19-17(16)22-8-5-14(12-23)6-9-22/h3-4,7,11,13-14,20,23H,5-6,8-10,12H2,1-2H3. The van der Waals surface area contributed by atoms with E-state index < -0.39 is 0 Å². The number of piperidine rings is 1. The Labute approximate surface area is 147 Å². The Morgan fingerprint density at radius 2 is 2.12 bits per heavy atom. The number of hydrogen-bond donors (Lipinski definition) is 2. The van der Waals surface area contributed by atoms with Crippen molar-refractivity contribution in [2.24, 2.45) is 5.92 Å². The van der Waals surface area contributed by atoms with Crippen molar-refractivity contribution in [2.45, 2.75) is 39.2 Å². The van der Waals surface area contributed by atoms with Crippen molar-refractivity contribution in [3.05, 3.63) is 34.4 Å². The van der Waals surface area contributed by atoms with Crippen LogP contribution in [0.1, 0.15) is 42.5 Å². The van der Waals surface area contributed by atoms with E-state index in [-0.39, 0.29) is 0 Å². The van der Waals surface area contributed by atoms with Crippen LogP contribution in [0.15, 0.2) is 24.5 Å². The van der Waals surface area contributed by atoms with Gasteiger partial charge in [0.2, 0.25) is 0 Å². The number of aromatic nitrogens is 2. The predicted octanol–water partition coefficient (Wildman–Crippen LogP) is 3.48. The molecule has 0 radical (unpaired) electrons. The molecule has 2 aromatic rings. The van der Waals surface area contributed by atoms with Gasteiger partial charge in [-0.1, -0.05) is 13.8 Å². The quantitative estimate of drug-likeness (QED) is 0.838. The molecule has 1 saturated heterocycles. The normalized spacial score (nSPS) is 15.9. The van der Waals surface area contributed by atoms with Gasteiger partial charge in [0.25, 0.3) is 0 Å². The smallest absolute Gasteiger partial charge is 0.151 e.